The molecule has 0 fully saturated rings. The summed E-state index contributed by atoms with van der Waals surface area (Å²) in [5.74, 6) is -12.1. The van der Waals surface area contributed by atoms with Crippen molar-refractivity contribution < 1.29 is 105 Å². The molecule has 0 aliphatic carbocycles. The van der Waals surface area contributed by atoms with Gasteiger partial charge in [0.1, 0.15) is 25.9 Å². The SMILES string of the molecule is CC[C@@H](OC(C)=O)[C@@H](OC(C)=O)[C@H](OC(C)=O)[C@@H](OC(C)=O)C(=O)OCC(N)COC(=O)[C@H](OC(C)=O)[C@@H](OC(C)=O)[C@H](OC(C)=O)[C@@H](COC(C)=O)OC(C)=O. The molecular weight excluding hydrogens is 774 g/mol. The molecular formula is C34H49NO22. The molecule has 0 aliphatic rings. The topological polar surface area (TPSA) is 315 Å². The van der Waals surface area contributed by atoms with Crippen LogP contribution in [-0.2, 0) is 105 Å². The van der Waals surface area contributed by atoms with E-state index in [0.29, 0.717) is 0 Å². The Hall–Kier alpha value is -5.87. The third kappa shape index (κ3) is 20.6. The Bertz CT molecular complexity index is 1480. The predicted octanol–water partition coefficient (Wildman–Crippen LogP) is -1.17. The third-order valence-corrected chi connectivity index (χ3v) is 6.60. The summed E-state index contributed by atoms with van der Waals surface area (Å²) >= 11 is 0. The summed E-state index contributed by atoms with van der Waals surface area (Å²) in [7, 11) is 0. The molecule has 0 saturated heterocycles. The van der Waals surface area contributed by atoms with E-state index in [-0.39, 0.29) is 6.42 Å². The summed E-state index contributed by atoms with van der Waals surface area (Å²) in [6.45, 7) is 7.41. The summed E-state index contributed by atoms with van der Waals surface area (Å²) in [6.07, 6.45) is -15.2. The normalized spacial score (nSPS) is 15.4. The van der Waals surface area contributed by atoms with E-state index in [4.69, 9.17) is 57.8 Å². The van der Waals surface area contributed by atoms with E-state index in [1.807, 2.05) is 0 Å². The molecule has 57 heavy (non-hydrogen) atoms. The van der Waals surface area contributed by atoms with Gasteiger partial charge in [0.2, 0.25) is 12.2 Å². The number of carbonyl (C=O) groups is 11. The molecule has 23 nitrogen and oxygen atoms in total. The van der Waals surface area contributed by atoms with Crippen LogP contribution in [0.15, 0.2) is 0 Å². The predicted molar refractivity (Wildman–Crippen MR) is 181 cm³/mol. The molecule has 0 aromatic heterocycles. The molecule has 0 amide bonds. The molecule has 1 unspecified atom stereocenters. The molecule has 0 spiro atoms. The fourth-order valence-corrected chi connectivity index (χ4v) is 4.73. The zero-order chi connectivity index (χ0) is 44.2. The van der Waals surface area contributed by atoms with Gasteiger partial charge >= 0.3 is 65.7 Å². The van der Waals surface area contributed by atoms with Crippen molar-refractivity contribution >= 4 is 65.7 Å². The highest BCUT2D eigenvalue weighted by Gasteiger charge is 2.49. The van der Waals surface area contributed by atoms with Crippen LogP contribution in [0.1, 0.15) is 75.7 Å². The van der Waals surface area contributed by atoms with Crippen LogP contribution in [0, 0.1) is 0 Å². The smallest absolute Gasteiger partial charge is 0.351 e. The van der Waals surface area contributed by atoms with Crippen molar-refractivity contribution in [1.82, 2.24) is 0 Å². The Labute approximate surface area is 326 Å². The first kappa shape index (κ1) is 51.1. The van der Waals surface area contributed by atoms with E-state index in [9.17, 15) is 52.7 Å². The summed E-state index contributed by atoms with van der Waals surface area (Å²) in [5.41, 5.74) is 5.99. The number of esters is 11. The first-order valence-electron chi connectivity index (χ1n) is 17.0. The summed E-state index contributed by atoms with van der Waals surface area (Å²) in [5, 5.41) is 0. The third-order valence-electron chi connectivity index (χ3n) is 6.60. The molecule has 322 valence electrons. The van der Waals surface area contributed by atoms with Gasteiger partial charge in [0.25, 0.3) is 0 Å². The van der Waals surface area contributed by atoms with Crippen LogP contribution in [0.5, 0.6) is 0 Å². The van der Waals surface area contributed by atoms with Gasteiger partial charge < -0.3 is 57.8 Å². The van der Waals surface area contributed by atoms with E-state index in [0.717, 1.165) is 62.3 Å². The zero-order valence-electron chi connectivity index (χ0n) is 33.1. The summed E-state index contributed by atoms with van der Waals surface area (Å²) in [6, 6.07) is -1.43. The fraction of sp³-hybridized carbons (Fsp3) is 0.676. The van der Waals surface area contributed by atoms with Crippen LogP contribution in [0.3, 0.4) is 0 Å². The van der Waals surface area contributed by atoms with Gasteiger partial charge in [-0.05, 0) is 6.42 Å². The first-order valence-corrected chi connectivity index (χ1v) is 17.0. The van der Waals surface area contributed by atoms with E-state index in [2.05, 4.69) is 0 Å². The minimum absolute atomic E-state index is 0.0434. The number of hydrogen-bond donors (Lipinski definition) is 1. The Morgan fingerprint density at radius 2 is 0.667 bits per heavy atom. The number of rotatable bonds is 23. The highest BCUT2D eigenvalue weighted by atomic mass is 16.7. The molecule has 0 heterocycles. The van der Waals surface area contributed by atoms with Gasteiger partial charge in [0.15, 0.2) is 30.5 Å². The molecule has 0 radical (unpaired) electrons. The minimum atomic E-state index is -2.26. The van der Waals surface area contributed by atoms with Crippen molar-refractivity contribution in [3.63, 3.8) is 0 Å². The largest absolute Gasteiger partial charge is 0.462 e. The number of ether oxygens (including phenoxy) is 11. The lowest BCUT2D eigenvalue weighted by Gasteiger charge is -2.34. The van der Waals surface area contributed by atoms with Crippen LogP contribution in [0.4, 0.5) is 0 Å². The monoisotopic (exact) mass is 823 g/mol. The van der Waals surface area contributed by atoms with Gasteiger partial charge in [0.05, 0.1) is 6.04 Å². The van der Waals surface area contributed by atoms with Crippen molar-refractivity contribution in [2.45, 2.75) is 131 Å². The van der Waals surface area contributed by atoms with Crippen molar-refractivity contribution in [3.8, 4) is 0 Å². The fourth-order valence-electron chi connectivity index (χ4n) is 4.73. The minimum Gasteiger partial charge on any atom is -0.462 e. The average Bonchev–Trinajstić information content (AvgIpc) is 3.07. The lowest BCUT2D eigenvalue weighted by Crippen LogP contribution is -2.55. The maximum atomic E-state index is 13.4. The van der Waals surface area contributed by atoms with Crippen molar-refractivity contribution in [3.05, 3.63) is 0 Å². The quantitative estimate of drug-likeness (QED) is 0.0937. The second kappa shape index (κ2) is 25.3. The van der Waals surface area contributed by atoms with Crippen LogP contribution < -0.4 is 5.73 Å². The average molecular weight is 824 g/mol. The Morgan fingerprint density at radius 3 is 0.965 bits per heavy atom. The van der Waals surface area contributed by atoms with Gasteiger partial charge in [-0.3, -0.25) is 43.2 Å². The molecule has 23 heteroatoms. The number of hydrogen-bond acceptors (Lipinski definition) is 23. The molecule has 0 aromatic carbocycles. The molecule has 0 bridgehead atoms. The Kier molecular flexibility index (Phi) is 22.7. The second-order valence-electron chi connectivity index (χ2n) is 11.9. The number of carbonyl (C=O) groups excluding carboxylic acids is 11. The van der Waals surface area contributed by atoms with Crippen LogP contribution in [-0.4, -0.2) is 140 Å². The van der Waals surface area contributed by atoms with E-state index >= 15 is 0 Å². The maximum absolute atomic E-state index is 13.4. The van der Waals surface area contributed by atoms with Crippen molar-refractivity contribution in [2.24, 2.45) is 5.73 Å². The molecule has 0 rings (SSSR count). The van der Waals surface area contributed by atoms with E-state index in [1.165, 1.54) is 6.92 Å². The maximum Gasteiger partial charge on any atom is 0.351 e. The van der Waals surface area contributed by atoms with E-state index < -0.39 is 140 Å². The first-order chi connectivity index (χ1) is 26.4. The summed E-state index contributed by atoms with van der Waals surface area (Å²) in [4.78, 5) is 135. The summed E-state index contributed by atoms with van der Waals surface area (Å²) < 4.78 is 56.5. The second-order valence-corrected chi connectivity index (χ2v) is 11.9. The van der Waals surface area contributed by atoms with Gasteiger partial charge in [-0.2, -0.15) is 0 Å². The molecule has 0 aliphatic heterocycles. The van der Waals surface area contributed by atoms with Gasteiger partial charge in [-0.1, -0.05) is 6.92 Å². The molecule has 0 aromatic rings. The zero-order valence-corrected chi connectivity index (χ0v) is 33.1. The van der Waals surface area contributed by atoms with E-state index in [1.54, 1.807) is 0 Å². The van der Waals surface area contributed by atoms with Gasteiger partial charge in [0, 0.05) is 62.3 Å². The van der Waals surface area contributed by atoms with Crippen molar-refractivity contribution in [1.29, 1.82) is 0 Å². The Morgan fingerprint density at radius 1 is 0.368 bits per heavy atom. The van der Waals surface area contributed by atoms with Crippen LogP contribution in [0.2, 0.25) is 0 Å². The lowest BCUT2D eigenvalue weighted by atomic mass is 10.00. The molecule has 9 atom stereocenters. The lowest BCUT2D eigenvalue weighted by molar-refractivity contribution is -0.208. The van der Waals surface area contributed by atoms with Gasteiger partial charge in [-0.25, -0.2) is 9.59 Å². The molecule has 2 N–H and O–H groups in total. The van der Waals surface area contributed by atoms with Crippen molar-refractivity contribution in [2.75, 3.05) is 19.8 Å². The van der Waals surface area contributed by atoms with Crippen LogP contribution >= 0.6 is 0 Å². The highest BCUT2D eigenvalue weighted by Crippen LogP contribution is 2.23. The molecule has 0 saturated carbocycles. The van der Waals surface area contributed by atoms with Crippen LogP contribution in [0.25, 0.3) is 0 Å². The Balaban J connectivity index is 6.55. The van der Waals surface area contributed by atoms with Gasteiger partial charge in [-0.15, -0.1) is 0 Å². The highest BCUT2D eigenvalue weighted by molar-refractivity contribution is 5.81. The standard InChI is InChI=1S/C34H49NO22/c1-11-25(50-16(3)37)27(52-18(5)39)29(54-20(7)41)31(56-22(9)43)33(45)48-12-24(35)13-49-34(46)32(57-23(10)44)30(55-21(8)42)28(53-19(6)40)26(51-17(4)38)14-47-15(2)36/h24-32H,11-14,35H2,1-10H3/t24?,25-,26-,27-,28-,29+,30+,31-,32-/m1/s1. The number of nitrogens with two attached hydrogens (primary N) is 1.